The Bertz CT molecular complexity index is 1370. The van der Waals surface area contributed by atoms with Crippen LogP contribution in [0.5, 0.6) is 11.5 Å². The summed E-state index contributed by atoms with van der Waals surface area (Å²) in [5.74, 6) is -0.633. The van der Waals surface area contributed by atoms with Gasteiger partial charge in [-0.3, -0.25) is 4.79 Å². The molecule has 1 amide bonds. The molecule has 160 valence electrons. The Labute approximate surface area is 189 Å². The number of aromatic hydroxyl groups is 2. The van der Waals surface area contributed by atoms with E-state index in [4.69, 9.17) is 11.6 Å². The number of aromatic nitrogens is 2. The second-order valence-electron chi connectivity index (χ2n) is 7.99. The normalized spacial score (nSPS) is 15.6. The minimum Gasteiger partial charge on any atom is -0.508 e. The summed E-state index contributed by atoms with van der Waals surface area (Å²) in [5, 5.41) is 21.3. The van der Waals surface area contributed by atoms with Crippen molar-refractivity contribution in [1.82, 2.24) is 9.97 Å². The summed E-state index contributed by atoms with van der Waals surface area (Å²) < 4.78 is 0. The lowest BCUT2D eigenvalue weighted by Gasteiger charge is -2.35. The number of phenols is 2. The van der Waals surface area contributed by atoms with Crippen LogP contribution in [0, 0.1) is 0 Å². The highest BCUT2D eigenvalue weighted by atomic mass is 35.5. The molecule has 0 fully saturated rings. The second-order valence-corrected chi connectivity index (χ2v) is 8.43. The number of carbonyl (C=O) groups excluding carboxylic acids is 1. The van der Waals surface area contributed by atoms with E-state index in [1.54, 1.807) is 11.0 Å². The largest absolute Gasteiger partial charge is 0.508 e. The van der Waals surface area contributed by atoms with E-state index in [0.717, 1.165) is 46.3 Å². The van der Waals surface area contributed by atoms with Crippen molar-refractivity contribution >= 4 is 34.1 Å². The van der Waals surface area contributed by atoms with Gasteiger partial charge >= 0.3 is 0 Å². The van der Waals surface area contributed by atoms with E-state index in [2.05, 4.69) is 16.0 Å². The molecule has 0 spiro atoms. The molecule has 5 rings (SSSR count). The summed E-state index contributed by atoms with van der Waals surface area (Å²) in [7, 11) is 0. The van der Waals surface area contributed by atoms with Gasteiger partial charge in [0.1, 0.15) is 17.8 Å². The zero-order valence-corrected chi connectivity index (χ0v) is 18.0. The Kier molecular flexibility index (Phi) is 4.94. The first-order valence-electron chi connectivity index (χ1n) is 10.3. The van der Waals surface area contributed by atoms with Crippen molar-refractivity contribution in [1.29, 1.82) is 0 Å². The van der Waals surface area contributed by atoms with E-state index in [1.165, 1.54) is 24.5 Å². The molecule has 0 unspecified atom stereocenters. The average molecular weight is 446 g/mol. The molecule has 0 saturated carbocycles. The summed E-state index contributed by atoms with van der Waals surface area (Å²) in [6, 6.07) is 15.4. The number of carbonyl (C=O) groups is 1. The highest BCUT2D eigenvalue weighted by Crippen LogP contribution is 2.37. The highest BCUT2D eigenvalue weighted by Gasteiger charge is 2.30. The minimum atomic E-state index is -0.303. The summed E-state index contributed by atoms with van der Waals surface area (Å²) >= 11 is 6.21. The van der Waals surface area contributed by atoms with Crippen molar-refractivity contribution in [2.75, 3.05) is 4.90 Å². The molecule has 6 nitrogen and oxygen atoms in total. The molecule has 0 radical (unpaired) electrons. The Morgan fingerprint density at radius 1 is 1.06 bits per heavy atom. The second kappa shape index (κ2) is 7.80. The lowest BCUT2D eigenvalue weighted by molar-refractivity contribution is 0.0972. The van der Waals surface area contributed by atoms with Crippen LogP contribution in [0.25, 0.3) is 22.2 Å². The number of hydrogen-bond donors (Lipinski definition) is 2. The fraction of sp³-hybridized carbons (Fsp3) is 0.160. The van der Waals surface area contributed by atoms with E-state index < -0.39 is 0 Å². The maximum atomic E-state index is 13.3. The van der Waals surface area contributed by atoms with E-state index in [1.807, 2.05) is 31.2 Å². The molecule has 1 atom stereocenters. The van der Waals surface area contributed by atoms with Gasteiger partial charge in [-0.1, -0.05) is 17.7 Å². The molecule has 3 aromatic carbocycles. The number of fused-ring (bicyclic) bond motifs is 2. The van der Waals surface area contributed by atoms with Gasteiger partial charge in [0, 0.05) is 33.8 Å². The van der Waals surface area contributed by atoms with Crippen LogP contribution in [-0.2, 0) is 6.42 Å². The lowest BCUT2D eigenvalue weighted by atomic mass is 9.93. The number of nitrogens with zero attached hydrogens (tertiary/aromatic N) is 3. The Balaban J connectivity index is 1.59. The summed E-state index contributed by atoms with van der Waals surface area (Å²) in [4.78, 5) is 23.9. The number of amides is 1. The predicted octanol–water partition coefficient (Wildman–Crippen LogP) is 5.34. The van der Waals surface area contributed by atoms with Crippen LogP contribution < -0.4 is 4.90 Å². The summed E-state index contributed by atoms with van der Waals surface area (Å²) in [6.07, 6.45) is 3.15. The molecule has 32 heavy (non-hydrogen) atoms. The van der Waals surface area contributed by atoms with Crippen molar-refractivity contribution in [2.45, 2.75) is 25.8 Å². The number of hydrogen-bond acceptors (Lipinski definition) is 5. The molecule has 1 aromatic heterocycles. The maximum absolute atomic E-state index is 13.3. The van der Waals surface area contributed by atoms with Gasteiger partial charge in [0.15, 0.2) is 0 Å². The van der Waals surface area contributed by atoms with Crippen LogP contribution in [0.2, 0.25) is 5.02 Å². The lowest BCUT2D eigenvalue weighted by Crippen LogP contribution is -2.42. The van der Waals surface area contributed by atoms with Crippen LogP contribution in [-0.4, -0.2) is 32.1 Å². The van der Waals surface area contributed by atoms with Gasteiger partial charge in [0.25, 0.3) is 5.91 Å². The van der Waals surface area contributed by atoms with Crippen molar-refractivity contribution in [3.05, 3.63) is 77.1 Å². The standard InChI is InChI=1S/C25H20ClN3O3/c1-14-2-3-15-10-16(24-20-11-17(26)5-8-21(20)27-13-28-24)4-9-22(15)29(14)25(32)19-7-6-18(30)12-23(19)31/h4-14,30-31H,2-3H2,1H3/t14-/m0/s1. The smallest absolute Gasteiger partial charge is 0.262 e. The molecule has 7 heteroatoms. The van der Waals surface area contributed by atoms with Crippen molar-refractivity contribution in [2.24, 2.45) is 0 Å². The van der Waals surface area contributed by atoms with Crippen molar-refractivity contribution in [3.63, 3.8) is 0 Å². The summed E-state index contributed by atoms with van der Waals surface area (Å²) in [6.45, 7) is 1.99. The van der Waals surface area contributed by atoms with Crippen molar-refractivity contribution in [3.8, 4) is 22.8 Å². The molecule has 1 aliphatic heterocycles. The van der Waals surface area contributed by atoms with E-state index in [0.29, 0.717) is 5.02 Å². The molecule has 2 heterocycles. The average Bonchev–Trinajstić information content (AvgIpc) is 2.78. The molecule has 0 saturated heterocycles. The first-order chi connectivity index (χ1) is 15.4. The zero-order valence-electron chi connectivity index (χ0n) is 17.3. The van der Waals surface area contributed by atoms with Crippen molar-refractivity contribution < 1.29 is 15.0 Å². The number of halogens is 1. The fourth-order valence-corrected chi connectivity index (χ4v) is 4.47. The molecule has 0 bridgehead atoms. The van der Waals surface area contributed by atoms with Gasteiger partial charge in [-0.15, -0.1) is 0 Å². The Morgan fingerprint density at radius 2 is 1.91 bits per heavy atom. The topological polar surface area (TPSA) is 86.6 Å². The number of anilines is 1. The minimum absolute atomic E-state index is 0.0345. The number of rotatable bonds is 2. The van der Waals surface area contributed by atoms with E-state index >= 15 is 0 Å². The Morgan fingerprint density at radius 3 is 2.72 bits per heavy atom. The molecule has 1 aliphatic rings. The third-order valence-electron chi connectivity index (χ3n) is 5.91. The predicted molar refractivity (Wildman–Crippen MR) is 124 cm³/mol. The SMILES string of the molecule is C[C@H]1CCc2cc(-c3ncnc4ccc(Cl)cc34)ccc2N1C(=O)c1ccc(O)cc1O. The summed E-state index contributed by atoms with van der Waals surface area (Å²) in [5.41, 5.74) is 4.51. The van der Waals surface area contributed by atoms with Crippen LogP contribution >= 0.6 is 11.6 Å². The first-order valence-corrected chi connectivity index (χ1v) is 10.7. The molecule has 4 aromatic rings. The molecule has 0 aliphatic carbocycles. The monoisotopic (exact) mass is 445 g/mol. The first kappa shape index (κ1) is 20.3. The fourth-order valence-electron chi connectivity index (χ4n) is 4.30. The van der Waals surface area contributed by atoms with E-state index in [9.17, 15) is 15.0 Å². The number of phenolic OH excluding ortho intramolecular Hbond substituents is 2. The van der Waals surface area contributed by atoms with Crippen LogP contribution in [0.15, 0.2) is 60.9 Å². The van der Waals surface area contributed by atoms with Gasteiger partial charge in [-0.05, 0) is 67.8 Å². The molecular weight excluding hydrogens is 426 g/mol. The van der Waals surface area contributed by atoms with Crippen LogP contribution in [0.3, 0.4) is 0 Å². The highest BCUT2D eigenvalue weighted by molar-refractivity contribution is 6.31. The van der Waals surface area contributed by atoms with Gasteiger partial charge in [0.2, 0.25) is 0 Å². The van der Waals surface area contributed by atoms with Gasteiger partial charge in [-0.25, -0.2) is 9.97 Å². The number of aryl methyl sites for hydroxylation is 1. The molecule has 2 N–H and O–H groups in total. The van der Waals surface area contributed by atoms with Gasteiger partial charge in [-0.2, -0.15) is 0 Å². The zero-order chi connectivity index (χ0) is 22.4. The number of benzene rings is 3. The third kappa shape index (κ3) is 3.42. The Hall–Kier alpha value is -3.64. The van der Waals surface area contributed by atoms with Gasteiger partial charge in [0.05, 0.1) is 16.8 Å². The third-order valence-corrected chi connectivity index (χ3v) is 6.15. The van der Waals surface area contributed by atoms with Crippen LogP contribution in [0.1, 0.15) is 29.3 Å². The van der Waals surface area contributed by atoms with Gasteiger partial charge < -0.3 is 15.1 Å². The van der Waals surface area contributed by atoms with E-state index in [-0.39, 0.29) is 29.0 Å². The van der Waals surface area contributed by atoms with Crippen LogP contribution in [0.4, 0.5) is 5.69 Å². The molecular formula is C25H20ClN3O3. The quantitative estimate of drug-likeness (QED) is 0.434. The maximum Gasteiger partial charge on any atom is 0.262 e.